The van der Waals surface area contributed by atoms with Crippen LogP contribution >= 0.6 is 12.2 Å². The van der Waals surface area contributed by atoms with Crippen molar-refractivity contribution in [3.05, 3.63) is 93.5 Å². The van der Waals surface area contributed by atoms with E-state index < -0.39 is 0 Å². The predicted octanol–water partition coefficient (Wildman–Crippen LogP) is 3.81. The van der Waals surface area contributed by atoms with Crippen LogP contribution < -0.4 is 21.8 Å². The predicted molar refractivity (Wildman–Crippen MR) is 123 cm³/mol. The van der Waals surface area contributed by atoms with Crippen LogP contribution in [-0.4, -0.2) is 16.2 Å². The molecule has 4 rings (SSSR count). The quantitative estimate of drug-likeness (QED) is 0.511. The van der Waals surface area contributed by atoms with Crippen LogP contribution in [0.2, 0.25) is 0 Å². The van der Waals surface area contributed by atoms with Gasteiger partial charge in [0.1, 0.15) is 0 Å². The number of thiocarbonyl (C=S) groups is 1. The maximum absolute atomic E-state index is 13.3. The summed E-state index contributed by atoms with van der Waals surface area (Å²) in [6.07, 6.45) is 0. The summed E-state index contributed by atoms with van der Waals surface area (Å²) < 4.78 is 1.23. The van der Waals surface area contributed by atoms with Gasteiger partial charge in [0.05, 0.1) is 5.69 Å². The van der Waals surface area contributed by atoms with Gasteiger partial charge in [0, 0.05) is 23.0 Å². The summed E-state index contributed by atoms with van der Waals surface area (Å²) in [5.41, 5.74) is 0.595. The van der Waals surface area contributed by atoms with Crippen LogP contribution in [0.3, 0.4) is 0 Å². The molecule has 6 heteroatoms. The fraction of sp³-hybridized carbons (Fsp3) is 0.0870. The molecule has 0 atom stereocenters. The molecule has 0 fully saturated rings. The average molecular weight is 401 g/mol. The number of benzene rings is 3. The maximum Gasteiger partial charge on any atom is 0.265 e. The molecule has 0 spiro atoms. The lowest BCUT2D eigenvalue weighted by Gasteiger charge is -2.09. The molecular weight excluding hydrogens is 382 g/mol. The van der Waals surface area contributed by atoms with Gasteiger partial charge in [0.15, 0.2) is 5.11 Å². The average Bonchev–Trinajstić information content (AvgIpc) is 2.83. The summed E-state index contributed by atoms with van der Waals surface area (Å²) >= 11 is 5.20. The van der Waals surface area contributed by atoms with Crippen LogP contribution in [0.15, 0.2) is 82.4 Å². The fourth-order valence-electron chi connectivity index (χ4n) is 3.41. The topological polar surface area (TPSA) is 63.1 Å². The van der Waals surface area contributed by atoms with Crippen molar-refractivity contribution < 1.29 is 0 Å². The fourth-order valence-corrected chi connectivity index (χ4v) is 3.67. The molecule has 0 aliphatic heterocycles. The lowest BCUT2D eigenvalue weighted by Crippen LogP contribution is -2.29. The Morgan fingerprint density at radius 3 is 1.76 bits per heavy atom. The number of hydrogen-bond acceptors (Lipinski definition) is 3. The molecule has 0 saturated heterocycles. The SMILES string of the molecule is CCNC(=S)Nc1ccc(-n2c(=O)c3ccccc3c3ccccc3c2=O)cc1. The molecule has 0 aliphatic carbocycles. The summed E-state index contributed by atoms with van der Waals surface area (Å²) in [6.45, 7) is 2.68. The van der Waals surface area contributed by atoms with Crippen LogP contribution in [-0.2, 0) is 0 Å². The molecule has 0 unspecified atom stereocenters. The minimum Gasteiger partial charge on any atom is -0.363 e. The molecule has 0 aliphatic rings. The number of anilines is 1. The van der Waals surface area contributed by atoms with Crippen LogP contribution in [0.25, 0.3) is 27.2 Å². The Morgan fingerprint density at radius 2 is 1.28 bits per heavy atom. The van der Waals surface area contributed by atoms with Crippen LogP contribution in [0.4, 0.5) is 5.69 Å². The normalized spacial score (nSPS) is 10.8. The summed E-state index contributed by atoms with van der Waals surface area (Å²) in [5.74, 6) is 0. The van der Waals surface area contributed by atoms with Crippen molar-refractivity contribution in [2.45, 2.75) is 6.92 Å². The molecule has 29 heavy (non-hydrogen) atoms. The highest BCUT2D eigenvalue weighted by atomic mass is 32.1. The van der Waals surface area contributed by atoms with Crippen molar-refractivity contribution in [1.29, 1.82) is 0 Å². The van der Waals surface area contributed by atoms with Gasteiger partial charge in [-0.3, -0.25) is 9.59 Å². The second kappa shape index (κ2) is 7.85. The van der Waals surface area contributed by atoms with Crippen LogP contribution in [0.5, 0.6) is 0 Å². The second-order valence-electron chi connectivity index (χ2n) is 6.57. The van der Waals surface area contributed by atoms with Gasteiger partial charge in [-0.05, 0) is 66.3 Å². The number of nitrogens with one attached hydrogen (secondary N) is 2. The van der Waals surface area contributed by atoms with Gasteiger partial charge in [0.25, 0.3) is 11.1 Å². The van der Waals surface area contributed by atoms with E-state index in [0.29, 0.717) is 21.6 Å². The van der Waals surface area contributed by atoms with Gasteiger partial charge in [0.2, 0.25) is 0 Å². The van der Waals surface area contributed by atoms with Gasteiger partial charge < -0.3 is 10.6 Å². The molecule has 3 aromatic carbocycles. The van der Waals surface area contributed by atoms with Crippen LogP contribution in [0, 0.1) is 0 Å². The Balaban J connectivity index is 1.96. The first-order chi connectivity index (χ1) is 14.1. The number of nitrogens with zero attached hydrogens (tertiary/aromatic N) is 1. The van der Waals surface area contributed by atoms with E-state index >= 15 is 0 Å². The first-order valence-corrected chi connectivity index (χ1v) is 9.73. The molecule has 0 bridgehead atoms. The van der Waals surface area contributed by atoms with Gasteiger partial charge in [-0.1, -0.05) is 36.4 Å². The van der Waals surface area contributed by atoms with E-state index in [-0.39, 0.29) is 11.1 Å². The molecule has 1 aromatic heterocycles. The molecule has 0 radical (unpaired) electrons. The standard InChI is InChI=1S/C23H19N3O2S/c1-2-24-23(29)25-15-11-13-16(14-12-15)26-21(27)19-9-5-3-7-17(19)18-8-4-6-10-20(18)22(26)28/h3-14H,2H2,1H3,(H2,24,25,29). The minimum absolute atomic E-state index is 0.342. The van der Waals surface area contributed by atoms with E-state index in [0.717, 1.165) is 23.0 Å². The van der Waals surface area contributed by atoms with E-state index in [9.17, 15) is 9.59 Å². The minimum atomic E-state index is -0.342. The van der Waals surface area contributed by atoms with E-state index in [1.54, 1.807) is 36.4 Å². The third-order valence-corrected chi connectivity index (χ3v) is 4.98. The Bertz CT molecular complexity index is 1270. The monoisotopic (exact) mass is 401 g/mol. The third kappa shape index (κ3) is 3.50. The third-order valence-electron chi connectivity index (χ3n) is 4.73. The molecule has 4 aromatic rings. The first-order valence-electron chi connectivity index (χ1n) is 9.32. The highest BCUT2D eigenvalue weighted by Gasteiger charge is 2.12. The highest BCUT2D eigenvalue weighted by Crippen LogP contribution is 2.20. The molecule has 0 amide bonds. The van der Waals surface area contributed by atoms with Crippen molar-refractivity contribution in [3.63, 3.8) is 0 Å². The molecular formula is C23H19N3O2S. The molecule has 2 N–H and O–H groups in total. The van der Waals surface area contributed by atoms with Crippen molar-refractivity contribution in [3.8, 4) is 5.69 Å². The first kappa shape index (κ1) is 18.8. The molecule has 1 heterocycles. The Hall–Kier alpha value is -3.51. The summed E-state index contributed by atoms with van der Waals surface area (Å²) in [4.78, 5) is 26.6. The maximum atomic E-state index is 13.3. The molecule has 5 nitrogen and oxygen atoms in total. The van der Waals surface area contributed by atoms with Crippen molar-refractivity contribution >= 4 is 44.6 Å². The van der Waals surface area contributed by atoms with E-state index in [2.05, 4.69) is 10.6 Å². The van der Waals surface area contributed by atoms with Crippen molar-refractivity contribution in [2.24, 2.45) is 0 Å². The van der Waals surface area contributed by atoms with Crippen LogP contribution in [0.1, 0.15) is 6.92 Å². The zero-order chi connectivity index (χ0) is 20.4. The lowest BCUT2D eigenvalue weighted by molar-refractivity contribution is 0.974. The van der Waals surface area contributed by atoms with Gasteiger partial charge in [-0.2, -0.15) is 0 Å². The number of hydrogen-bond donors (Lipinski definition) is 2. The summed E-state index contributed by atoms with van der Waals surface area (Å²) in [6, 6.07) is 21.7. The van der Waals surface area contributed by atoms with Gasteiger partial charge >= 0.3 is 0 Å². The van der Waals surface area contributed by atoms with Gasteiger partial charge in [-0.25, -0.2) is 4.57 Å². The van der Waals surface area contributed by atoms with E-state index in [1.165, 1.54) is 4.57 Å². The Morgan fingerprint density at radius 1 is 0.793 bits per heavy atom. The van der Waals surface area contributed by atoms with E-state index in [4.69, 9.17) is 12.2 Å². The Labute approximate surface area is 172 Å². The zero-order valence-electron chi connectivity index (χ0n) is 15.8. The second-order valence-corrected chi connectivity index (χ2v) is 6.98. The zero-order valence-corrected chi connectivity index (χ0v) is 16.6. The highest BCUT2D eigenvalue weighted by molar-refractivity contribution is 7.80. The molecule has 0 saturated carbocycles. The van der Waals surface area contributed by atoms with E-state index in [1.807, 2.05) is 43.3 Å². The molecule has 144 valence electrons. The van der Waals surface area contributed by atoms with Crippen molar-refractivity contribution in [1.82, 2.24) is 9.88 Å². The lowest BCUT2D eigenvalue weighted by atomic mass is 10.1. The number of rotatable bonds is 3. The number of aromatic nitrogens is 1. The van der Waals surface area contributed by atoms with Gasteiger partial charge in [-0.15, -0.1) is 0 Å². The van der Waals surface area contributed by atoms with Crippen molar-refractivity contribution in [2.75, 3.05) is 11.9 Å². The summed E-state index contributed by atoms with van der Waals surface area (Å²) in [5, 5.41) is 9.13. The Kier molecular flexibility index (Phi) is 5.10. The largest absolute Gasteiger partial charge is 0.363 e. The number of fused-ring (bicyclic) bond motifs is 3. The summed E-state index contributed by atoms with van der Waals surface area (Å²) in [7, 11) is 0. The smallest absolute Gasteiger partial charge is 0.265 e.